The van der Waals surface area contributed by atoms with Gasteiger partial charge >= 0.3 is 0 Å². The zero-order chi connectivity index (χ0) is 13.0. The lowest BCUT2D eigenvalue weighted by molar-refractivity contribution is -0.138. The minimum Gasteiger partial charge on any atom is -0.369 e. The Balaban J connectivity index is 1.75. The van der Waals surface area contributed by atoms with E-state index in [2.05, 4.69) is 15.3 Å². The van der Waals surface area contributed by atoms with Gasteiger partial charge in [0.15, 0.2) is 0 Å². The van der Waals surface area contributed by atoms with E-state index in [4.69, 9.17) is 11.6 Å². The SMILES string of the molecule is O=C1CCC(=O)N1CCCNc1ncncc1Cl. The zero-order valence-electron chi connectivity index (χ0n) is 9.73. The summed E-state index contributed by atoms with van der Waals surface area (Å²) in [6, 6.07) is 0. The van der Waals surface area contributed by atoms with Gasteiger partial charge in [0.25, 0.3) is 0 Å². The Kier molecular flexibility index (Phi) is 4.09. The lowest BCUT2D eigenvalue weighted by Gasteiger charge is -2.13. The zero-order valence-corrected chi connectivity index (χ0v) is 10.5. The van der Waals surface area contributed by atoms with Crippen LogP contribution < -0.4 is 5.32 Å². The van der Waals surface area contributed by atoms with Gasteiger partial charge in [-0.2, -0.15) is 0 Å². The highest BCUT2D eigenvalue weighted by molar-refractivity contribution is 6.32. The summed E-state index contributed by atoms with van der Waals surface area (Å²) in [4.78, 5) is 31.8. The maximum absolute atomic E-state index is 11.3. The van der Waals surface area contributed by atoms with E-state index in [1.54, 1.807) is 0 Å². The Hall–Kier alpha value is -1.69. The number of hydrogen-bond acceptors (Lipinski definition) is 5. The first-order valence-corrected chi connectivity index (χ1v) is 6.09. The van der Waals surface area contributed by atoms with Crippen LogP contribution in [0.15, 0.2) is 12.5 Å². The number of anilines is 1. The van der Waals surface area contributed by atoms with Gasteiger partial charge in [0.1, 0.15) is 17.2 Å². The summed E-state index contributed by atoms with van der Waals surface area (Å²) in [5, 5.41) is 3.48. The molecule has 0 spiro atoms. The fraction of sp³-hybridized carbons (Fsp3) is 0.455. The molecule has 1 aliphatic rings. The van der Waals surface area contributed by atoms with Gasteiger partial charge in [-0.3, -0.25) is 14.5 Å². The van der Waals surface area contributed by atoms with Crippen LogP contribution in [0.2, 0.25) is 5.02 Å². The van der Waals surface area contributed by atoms with E-state index >= 15 is 0 Å². The second kappa shape index (κ2) is 5.77. The number of carbonyl (C=O) groups excluding carboxylic acids is 2. The van der Waals surface area contributed by atoms with Gasteiger partial charge in [0.2, 0.25) is 11.8 Å². The van der Waals surface area contributed by atoms with Gasteiger partial charge in [0, 0.05) is 25.9 Å². The molecule has 1 aliphatic heterocycles. The van der Waals surface area contributed by atoms with E-state index in [1.807, 2.05) is 0 Å². The van der Waals surface area contributed by atoms with Crippen molar-refractivity contribution in [1.29, 1.82) is 0 Å². The van der Waals surface area contributed by atoms with Crippen molar-refractivity contribution in [3.8, 4) is 0 Å². The Morgan fingerprint density at radius 2 is 2.06 bits per heavy atom. The van der Waals surface area contributed by atoms with Crippen molar-refractivity contribution >= 4 is 29.2 Å². The maximum atomic E-state index is 11.3. The molecule has 0 saturated carbocycles. The highest BCUT2D eigenvalue weighted by Gasteiger charge is 2.27. The molecule has 1 saturated heterocycles. The van der Waals surface area contributed by atoms with Gasteiger partial charge in [-0.1, -0.05) is 11.6 Å². The summed E-state index contributed by atoms with van der Waals surface area (Å²) in [6.45, 7) is 1.03. The third-order valence-corrected chi connectivity index (χ3v) is 2.95. The molecule has 2 amide bonds. The van der Waals surface area contributed by atoms with Crippen LogP contribution in [0.4, 0.5) is 5.82 Å². The van der Waals surface area contributed by atoms with E-state index < -0.39 is 0 Å². The highest BCUT2D eigenvalue weighted by atomic mass is 35.5. The van der Waals surface area contributed by atoms with Crippen molar-refractivity contribution in [2.45, 2.75) is 19.3 Å². The van der Waals surface area contributed by atoms with Gasteiger partial charge < -0.3 is 5.32 Å². The molecule has 0 atom stereocenters. The molecule has 0 bridgehead atoms. The summed E-state index contributed by atoms with van der Waals surface area (Å²) in [6.07, 6.45) is 4.25. The number of imide groups is 1. The Morgan fingerprint density at radius 3 is 2.72 bits per heavy atom. The molecule has 0 aliphatic carbocycles. The minimum absolute atomic E-state index is 0.0833. The lowest BCUT2D eigenvalue weighted by Crippen LogP contribution is -2.31. The number of likely N-dealkylation sites (tertiary alicyclic amines) is 1. The quantitative estimate of drug-likeness (QED) is 0.639. The molecule has 0 unspecified atom stereocenters. The number of nitrogens with zero attached hydrogens (tertiary/aromatic N) is 3. The number of aromatic nitrogens is 2. The fourth-order valence-corrected chi connectivity index (χ4v) is 1.93. The van der Waals surface area contributed by atoms with Crippen molar-refractivity contribution in [2.75, 3.05) is 18.4 Å². The Bertz CT molecular complexity index is 450. The third-order valence-electron chi connectivity index (χ3n) is 2.67. The average Bonchev–Trinajstić information content (AvgIpc) is 2.67. The van der Waals surface area contributed by atoms with Crippen molar-refractivity contribution in [1.82, 2.24) is 14.9 Å². The van der Waals surface area contributed by atoms with Crippen LogP contribution in [0.3, 0.4) is 0 Å². The molecule has 1 fully saturated rings. The predicted molar refractivity (Wildman–Crippen MR) is 66.1 cm³/mol. The van der Waals surface area contributed by atoms with Crippen molar-refractivity contribution in [3.63, 3.8) is 0 Å². The minimum atomic E-state index is -0.0833. The van der Waals surface area contributed by atoms with Crippen LogP contribution in [0.1, 0.15) is 19.3 Å². The Labute approximate surface area is 109 Å². The van der Waals surface area contributed by atoms with Crippen LogP contribution in [0.25, 0.3) is 0 Å². The molecule has 1 aromatic rings. The first-order valence-electron chi connectivity index (χ1n) is 5.71. The van der Waals surface area contributed by atoms with Gasteiger partial charge in [0.05, 0.1) is 6.20 Å². The summed E-state index contributed by atoms with van der Waals surface area (Å²) < 4.78 is 0. The van der Waals surface area contributed by atoms with Crippen LogP contribution >= 0.6 is 11.6 Å². The van der Waals surface area contributed by atoms with E-state index in [0.717, 1.165) is 0 Å². The predicted octanol–water partition coefficient (Wildman–Crippen LogP) is 1.08. The number of nitrogens with one attached hydrogen (secondary N) is 1. The van der Waals surface area contributed by atoms with Crippen molar-refractivity contribution < 1.29 is 9.59 Å². The van der Waals surface area contributed by atoms with Crippen LogP contribution in [0.5, 0.6) is 0 Å². The first-order chi connectivity index (χ1) is 8.68. The molecular weight excluding hydrogens is 256 g/mol. The molecule has 0 aromatic carbocycles. The molecule has 2 rings (SSSR count). The maximum Gasteiger partial charge on any atom is 0.229 e. The van der Waals surface area contributed by atoms with Crippen molar-refractivity contribution in [2.24, 2.45) is 0 Å². The number of amides is 2. The number of carbonyl (C=O) groups is 2. The normalized spacial score (nSPS) is 15.3. The van der Waals surface area contributed by atoms with Gasteiger partial charge in [-0.05, 0) is 6.42 Å². The topological polar surface area (TPSA) is 75.2 Å². The lowest BCUT2D eigenvalue weighted by atomic mass is 10.4. The highest BCUT2D eigenvalue weighted by Crippen LogP contribution is 2.16. The fourth-order valence-electron chi connectivity index (χ4n) is 1.76. The molecule has 18 heavy (non-hydrogen) atoms. The van der Waals surface area contributed by atoms with Crippen LogP contribution in [0, 0.1) is 0 Å². The second-order valence-corrected chi connectivity index (χ2v) is 4.35. The van der Waals surface area contributed by atoms with E-state index in [-0.39, 0.29) is 11.8 Å². The molecule has 7 heteroatoms. The number of halogens is 1. The standard InChI is InChI=1S/C11H13ClN4O2/c12-8-6-13-7-15-11(8)14-4-1-5-16-9(17)2-3-10(16)18/h6-7H,1-5H2,(H,13,14,15). The first kappa shape index (κ1) is 12.8. The summed E-state index contributed by atoms with van der Waals surface area (Å²) in [5.74, 6) is 0.394. The molecule has 6 nitrogen and oxygen atoms in total. The summed E-state index contributed by atoms with van der Waals surface area (Å²) >= 11 is 5.87. The van der Waals surface area contributed by atoms with Gasteiger partial charge in [-0.15, -0.1) is 0 Å². The molecule has 96 valence electrons. The summed E-state index contributed by atoms with van der Waals surface area (Å²) in [7, 11) is 0. The third kappa shape index (κ3) is 2.95. The Morgan fingerprint density at radius 1 is 1.33 bits per heavy atom. The van der Waals surface area contributed by atoms with E-state index in [0.29, 0.717) is 43.2 Å². The van der Waals surface area contributed by atoms with Crippen LogP contribution in [-0.2, 0) is 9.59 Å². The van der Waals surface area contributed by atoms with Gasteiger partial charge in [-0.25, -0.2) is 9.97 Å². The summed E-state index contributed by atoms with van der Waals surface area (Å²) in [5.41, 5.74) is 0. The second-order valence-electron chi connectivity index (χ2n) is 3.94. The monoisotopic (exact) mass is 268 g/mol. The average molecular weight is 269 g/mol. The number of hydrogen-bond donors (Lipinski definition) is 1. The number of rotatable bonds is 5. The largest absolute Gasteiger partial charge is 0.369 e. The molecular formula is C11H13ClN4O2. The molecule has 0 radical (unpaired) electrons. The molecule has 2 heterocycles. The molecule has 1 aromatic heterocycles. The molecule has 1 N–H and O–H groups in total. The smallest absolute Gasteiger partial charge is 0.229 e. The van der Waals surface area contributed by atoms with E-state index in [9.17, 15) is 9.59 Å². The van der Waals surface area contributed by atoms with E-state index in [1.165, 1.54) is 17.4 Å². The van der Waals surface area contributed by atoms with Crippen molar-refractivity contribution in [3.05, 3.63) is 17.5 Å². The van der Waals surface area contributed by atoms with Crippen LogP contribution in [-0.4, -0.2) is 39.8 Å².